The average molecular weight is 395 g/mol. The molecule has 2 heterocycles. The number of furan rings is 1. The van der Waals surface area contributed by atoms with Crippen molar-refractivity contribution in [1.82, 2.24) is 0 Å². The number of aliphatic hydroxyl groups excluding tert-OH is 1. The molecular weight excluding hydrogens is 368 g/mol. The van der Waals surface area contributed by atoms with Crippen molar-refractivity contribution in [3.8, 4) is 0 Å². The van der Waals surface area contributed by atoms with Crippen molar-refractivity contribution < 1.29 is 24.2 Å². The molecular formula is C21H27ClO5. The second-order valence-electron chi connectivity index (χ2n) is 8.85. The van der Waals surface area contributed by atoms with Gasteiger partial charge in [0.15, 0.2) is 0 Å². The van der Waals surface area contributed by atoms with Crippen molar-refractivity contribution in [2.24, 2.45) is 22.7 Å². The predicted molar refractivity (Wildman–Crippen MR) is 99.8 cm³/mol. The van der Waals surface area contributed by atoms with Crippen molar-refractivity contribution >= 4 is 17.6 Å². The van der Waals surface area contributed by atoms with E-state index in [-0.39, 0.29) is 30.8 Å². The molecule has 5 nitrogen and oxygen atoms in total. The van der Waals surface area contributed by atoms with Crippen LogP contribution >= 0.6 is 11.6 Å². The number of esters is 1. The molecule has 3 aliphatic rings. The number of halogens is 1. The Kier molecular flexibility index (Phi) is 4.48. The predicted octanol–water partition coefficient (Wildman–Crippen LogP) is 3.73. The van der Waals surface area contributed by atoms with Gasteiger partial charge in [0.1, 0.15) is 6.61 Å². The maximum atomic E-state index is 13.2. The average Bonchev–Trinajstić information content (AvgIpc) is 3.18. The van der Waals surface area contributed by atoms with E-state index in [2.05, 4.69) is 0 Å². The zero-order valence-electron chi connectivity index (χ0n) is 15.8. The molecule has 148 valence electrons. The Labute approximate surface area is 164 Å². The van der Waals surface area contributed by atoms with Crippen molar-refractivity contribution in [2.45, 2.75) is 57.7 Å². The lowest BCUT2D eigenvalue weighted by atomic mass is 9.42. The number of hydrogen-bond donors (Lipinski definition) is 2. The molecule has 0 amide bonds. The van der Waals surface area contributed by atoms with Gasteiger partial charge < -0.3 is 19.4 Å². The van der Waals surface area contributed by atoms with Gasteiger partial charge in [-0.05, 0) is 62.5 Å². The Hall–Kier alpha value is -1.30. The number of hydrogen-bond acceptors (Lipinski definition) is 5. The fraction of sp³-hybridized carbons (Fsp3) is 0.667. The topological polar surface area (TPSA) is 79.9 Å². The molecule has 1 saturated heterocycles. The van der Waals surface area contributed by atoms with Crippen molar-refractivity contribution in [3.63, 3.8) is 0 Å². The normalized spacial score (nSPS) is 42.3. The van der Waals surface area contributed by atoms with E-state index >= 15 is 0 Å². The zero-order valence-corrected chi connectivity index (χ0v) is 16.5. The molecule has 0 radical (unpaired) electrons. The summed E-state index contributed by atoms with van der Waals surface area (Å²) in [4.78, 5) is 13.2. The zero-order chi connectivity index (χ0) is 19.4. The third kappa shape index (κ3) is 2.48. The van der Waals surface area contributed by atoms with E-state index in [4.69, 9.17) is 20.8 Å². The minimum atomic E-state index is -1.24. The summed E-state index contributed by atoms with van der Waals surface area (Å²) in [6.07, 6.45) is 5.67. The fourth-order valence-corrected chi connectivity index (χ4v) is 6.51. The van der Waals surface area contributed by atoms with Gasteiger partial charge in [0, 0.05) is 11.1 Å². The first-order valence-corrected chi connectivity index (χ1v) is 10.1. The van der Waals surface area contributed by atoms with Gasteiger partial charge in [-0.2, -0.15) is 0 Å². The summed E-state index contributed by atoms with van der Waals surface area (Å²) in [5, 5.41) is 22.4. The Balaban J connectivity index is 1.85. The second-order valence-corrected chi connectivity index (χ2v) is 9.07. The second kappa shape index (κ2) is 6.36. The Morgan fingerprint density at radius 2 is 2.26 bits per heavy atom. The van der Waals surface area contributed by atoms with Crippen LogP contribution in [-0.2, 0) is 15.1 Å². The van der Waals surface area contributed by atoms with Gasteiger partial charge in [-0.25, -0.2) is 0 Å². The van der Waals surface area contributed by atoms with Gasteiger partial charge in [0.2, 0.25) is 0 Å². The largest absolute Gasteiger partial charge is 0.472 e. The molecule has 0 aromatic carbocycles. The van der Waals surface area contributed by atoms with Crippen molar-refractivity contribution in [3.05, 3.63) is 35.3 Å². The molecule has 2 bridgehead atoms. The maximum absolute atomic E-state index is 13.2. The lowest BCUT2D eigenvalue weighted by molar-refractivity contribution is -0.237. The van der Waals surface area contributed by atoms with Crippen LogP contribution in [0.3, 0.4) is 0 Å². The SMILES string of the molecule is C[C@@H]1C[C@H](O)[C@@]23COC(=O)[C@]1(C[C@@](C)(O)c1ccoc1)[C@H]2CCC/C3=C\Cl. The molecule has 3 fully saturated rings. The molecule has 6 atom stereocenters. The first kappa shape index (κ1) is 19.0. The van der Waals surface area contributed by atoms with Crippen LogP contribution in [0.4, 0.5) is 0 Å². The van der Waals surface area contributed by atoms with E-state index < -0.39 is 22.5 Å². The summed E-state index contributed by atoms with van der Waals surface area (Å²) < 4.78 is 10.9. The third-order valence-corrected chi connectivity index (χ3v) is 7.83. The van der Waals surface area contributed by atoms with E-state index in [1.54, 1.807) is 18.5 Å². The maximum Gasteiger partial charge on any atom is 0.312 e. The third-order valence-electron chi connectivity index (χ3n) is 7.56. The molecule has 2 saturated carbocycles. The molecule has 0 unspecified atom stereocenters. The molecule has 2 N–H and O–H groups in total. The van der Waals surface area contributed by atoms with Crippen molar-refractivity contribution in [2.75, 3.05) is 6.61 Å². The Morgan fingerprint density at radius 1 is 1.48 bits per heavy atom. The summed E-state index contributed by atoms with van der Waals surface area (Å²) in [5.74, 6) is -0.490. The summed E-state index contributed by atoms with van der Waals surface area (Å²) in [5.41, 5.74) is 0.427. The summed E-state index contributed by atoms with van der Waals surface area (Å²) >= 11 is 6.16. The first-order chi connectivity index (χ1) is 12.8. The Morgan fingerprint density at radius 3 is 2.93 bits per heavy atom. The summed E-state index contributed by atoms with van der Waals surface area (Å²) in [6.45, 7) is 3.87. The molecule has 4 rings (SSSR count). The van der Waals surface area contributed by atoms with Gasteiger partial charge in [-0.3, -0.25) is 4.79 Å². The smallest absolute Gasteiger partial charge is 0.312 e. The van der Waals surface area contributed by atoms with Gasteiger partial charge in [-0.15, -0.1) is 0 Å². The molecule has 1 aromatic rings. The van der Waals surface area contributed by atoms with Crippen LogP contribution in [0.2, 0.25) is 0 Å². The van der Waals surface area contributed by atoms with Gasteiger partial charge in [0.25, 0.3) is 0 Å². The van der Waals surface area contributed by atoms with Gasteiger partial charge >= 0.3 is 5.97 Å². The minimum Gasteiger partial charge on any atom is -0.472 e. The highest BCUT2D eigenvalue weighted by Crippen LogP contribution is 2.67. The number of rotatable bonds is 3. The number of carbonyl (C=O) groups excluding carboxylic acids is 1. The lowest BCUT2D eigenvalue weighted by Crippen LogP contribution is -2.68. The first-order valence-electron chi connectivity index (χ1n) is 9.69. The van der Waals surface area contributed by atoms with Crippen LogP contribution in [0, 0.1) is 22.7 Å². The van der Waals surface area contributed by atoms with E-state index in [0.717, 1.165) is 24.8 Å². The molecule has 6 heteroatoms. The molecule has 2 aliphatic carbocycles. The summed E-state index contributed by atoms with van der Waals surface area (Å²) in [6, 6.07) is 1.73. The highest BCUT2D eigenvalue weighted by molar-refractivity contribution is 6.25. The monoisotopic (exact) mass is 394 g/mol. The number of cyclic esters (lactones) is 1. The standard InChI is InChI=1S/C21H27ClO5/c1-13-8-17(23)21-12-27-18(24)20(13,16(21)5-3-4-14(21)9-22)11-19(2,25)15-6-7-26-10-15/h6-7,9-10,13,16-17,23,25H,3-5,8,11-12H2,1-2H3/b14-9+/t13-,16-,17+,19-,20+,21-/m1/s1. The number of carbonyl (C=O) groups is 1. The van der Waals surface area contributed by atoms with E-state index in [9.17, 15) is 15.0 Å². The molecule has 1 aromatic heterocycles. The van der Waals surface area contributed by atoms with E-state index in [0.29, 0.717) is 12.0 Å². The van der Waals surface area contributed by atoms with Crippen LogP contribution in [0.1, 0.15) is 51.5 Å². The van der Waals surface area contributed by atoms with Gasteiger partial charge in [0.05, 0.1) is 35.1 Å². The lowest BCUT2D eigenvalue weighted by Gasteiger charge is -2.64. The highest BCUT2D eigenvalue weighted by Gasteiger charge is 2.70. The van der Waals surface area contributed by atoms with E-state index in [1.165, 1.54) is 12.5 Å². The van der Waals surface area contributed by atoms with Crippen LogP contribution in [0.15, 0.2) is 34.1 Å². The molecule has 1 aliphatic heterocycles. The van der Waals surface area contributed by atoms with Crippen LogP contribution in [-0.4, -0.2) is 28.9 Å². The molecule has 0 spiro atoms. The number of aliphatic hydroxyl groups is 2. The van der Waals surface area contributed by atoms with Crippen LogP contribution < -0.4 is 0 Å². The van der Waals surface area contributed by atoms with Crippen LogP contribution in [0.5, 0.6) is 0 Å². The quantitative estimate of drug-likeness (QED) is 0.763. The minimum absolute atomic E-state index is 0.109. The highest BCUT2D eigenvalue weighted by atomic mass is 35.5. The Bertz CT molecular complexity index is 755. The summed E-state index contributed by atoms with van der Waals surface area (Å²) in [7, 11) is 0. The van der Waals surface area contributed by atoms with E-state index in [1.807, 2.05) is 6.92 Å². The van der Waals surface area contributed by atoms with Crippen LogP contribution in [0.25, 0.3) is 0 Å². The molecule has 27 heavy (non-hydrogen) atoms. The fourth-order valence-electron chi connectivity index (χ4n) is 6.19. The number of ether oxygens (including phenoxy) is 1. The van der Waals surface area contributed by atoms with Gasteiger partial charge in [-0.1, -0.05) is 18.5 Å². The van der Waals surface area contributed by atoms with Crippen molar-refractivity contribution in [1.29, 1.82) is 0 Å².